The Hall–Kier alpha value is -2.53. The molecule has 0 aromatic carbocycles. The number of aromatic nitrogens is 6. The van der Waals surface area contributed by atoms with Crippen molar-refractivity contribution in [2.75, 3.05) is 18.0 Å². The molecule has 3 aromatic heterocycles. The fourth-order valence-corrected chi connectivity index (χ4v) is 4.02. The van der Waals surface area contributed by atoms with E-state index in [1.54, 1.807) is 11.6 Å². The average molecular weight is 348 g/mol. The minimum Gasteiger partial charge on any atom is -0.354 e. The second-order valence-electron chi connectivity index (χ2n) is 5.73. The van der Waals surface area contributed by atoms with E-state index in [4.69, 9.17) is 0 Å². The highest BCUT2D eigenvalue weighted by Gasteiger charge is 2.28. The fraction of sp³-hybridized carbons (Fsp3) is 0.385. The van der Waals surface area contributed by atoms with Gasteiger partial charge in [-0.05, 0) is 18.6 Å². The van der Waals surface area contributed by atoms with Gasteiger partial charge in [-0.2, -0.15) is 9.61 Å². The zero-order valence-electron chi connectivity index (χ0n) is 12.9. The lowest BCUT2D eigenvalue weighted by Crippen LogP contribution is -2.37. The molecule has 1 aliphatic heterocycles. The molecular weight excluding hydrogens is 332 g/mol. The molecule has 11 heteroatoms. The maximum absolute atomic E-state index is 12.4. The Morgan fingerprint density at radius 1 is 1.33 bits per heavy atom. The highest BCUT2D eigenvalue weighted by Crippen LogP contribution is 2.19. The molecule has 0 saturated carbocycles. The molecule has 0 bridgehead atoms. The second kappa shape index (κ2) is 5.53. The Balaban J connectivity index is 1.48. The standard InChI is InChI=1S/C13H16N8O2S/c1-19-8-11(6-15-19)24(22,23)18-10-4-5-20(7-10)13-3-2-12-16-14-9-21(12)17-13/h2-3,6,8-10,18H,4-5,7H2,1H3. The van der Waals surface area contributed by atoms with E-state index in [1.165, 1.54) is 23.4 Å². The van der Waals surface area contributed by atoms with Gasteiger partial charge in [0, 0.05) is 32.4 Å². The minimum absolute atomic E-state index is 0.173. The predicted molar refractivity (Wildman–Crippen MR) is 84.9 cm³/mol. The van der Waals surface area contributed by atoms with Crippen LogP contribution in [0.2, 0.25) is 0 Å². The van der Waals surface area contributed by atoms with Crippen LogP contribution in [-0.4, -0.2) is 57.1 Å². The topological polar surface area (TPSA) is 110 Å². The predicted octanol–water partition coefficient (Wildman–Crippen LogP) is -0.585. The van der Waals surface area contributed by atoms with E-state index in [1.807, 2.05) is 17.0 Å². The van der Waals surface area contributed by atoms with Crippen LogP contribution in [0.4, 0.5) is 5.82 Å². The van der Waals surface area contributed by atoms with Crippen molar-refractivity contribution >= 4 is 21.5 Å². The number of hydrogen-bond acceptors (Lipinski definition) is 7. The van der Waals surface area contributed by atoms with Gasteiger partial charge in [0.1, 0.15) is 17.0 Å². The van der Waals surface area contributed by atoms with Gasteiger partial charge in [0.25, 0.3) is 0 Å². The third-order valence-electron chi connectivity index (χ3n) is 3.97. The van der Waals surface area contributed by atoms with Crippen molar-refractivity contribution in [3.05, 3.63) is 30.9 Å². The summed E-state index contributed by atoms with van der Waals surface area (Å²) in [5.41, 5.74) is 0.673. The van der Waals surface area contributed by atoms with Crippen molar-refractivity contribution in [1.29, 1.82) is 0 Å². The highest BCUT2D eigenvalue weighted by molar-refractivity contribution is 7.89. The molecule has 24 heavy (non-hydrogen) atoms. The van der Waals surface area contributed by atoms with Crippen LogP contribution in [0.5, 0.6) is 0 Å². The van der Waals surface area contributed by atoms with Crippen LogP contribution in [-0.2, 0) is 17.1 Å². The molecule has 4 rings (SSSR count). The van der Waals surface area contributed by atoms with Gasteiger partial charge in [-0.1, -0.05) is 0 Å². The first-order chi connectivity index (χ1) is 11.5. The van der Waals surface area contributed by atoms with Gasteiger partial charge in [-0.3, -0.25) is 4.68 Å². The summed E-state index contributed by atoms with van der Waals surface area (Å²) >= 11 is 0. The Labute approximate surface area is 138 Å². The molecule has 126 valence electrons. The van der Waals surface area contributed by atoms with E-state index in [0.29, 0.717) is 18.6 Å². The summed E-state index contributed by atoms with van der Waals surface area (Å²) in [6.07, 6.45) is 5.08. The van der Waals surface area contributed by atoms with Crippen LogP contribution in [0.25, 0.3) is 5.65 Å². The summed E-state index contributed by atoms with van der Waals surface area (Å²) in [5, 5.41) is 16.1. The largest absolute Gasteiger partial charge is 0.354 e. The summed E-state index contributed by atoms with van der Waals surface area (Å²) < 4.78 is 30.5. The lowest BCUT2D eigenvalue weighted by Gasteiger charge is -2.17. The van der Waals surface area contributed by atoms with Crippen LogP contribution >= 0.6 is 0 Å². The molecular formula is C13H16N8O2S. The van der Waals surface area contributed by atoms with Gasteiger partial charge in [0.15, 0.2) is 5.65 Å². The van der Waals surface area contributed by atoms with Crippen molar-refractivity contribution < 1.29 is 8.42 Å². The van der Waals surface area contributed by atoms with E-state index < -0.39 is 10.0 Å². The maximum atomic E-state index is 12.4. The number of nitrogens with one attached hydrogen (secondary N) is 1. The Kier molecular flexibility index (Phi) is 3.46. The molecule has 0 aliphatic carbocycles. The SMILES string of the molecule is Cn1cc(S(=O)(=O)NC2CCN(c3ccc4nncn4n3)C2)cn1. The molecule has 3 aromatic rings. The molecule has 1 atom stereocenters. The molecule has 1 unspecified atom stereocenters. The van der Waals surface area contributed by atoms with Gasteiger partial charge < -0.3 is 4.90 Å². The average Bonchev–Trinajstić information content (AvgIpc) is 3.25. The van der Waals surface area contributed by atoms with E-state index in [2.05, 4.69) is 25.1 Å². The van der Waals surface area contributed by atoms with Gasteiger partial charge in [-0.25, -0.2) is 13.1 Å². The summed E-state index contributed by atoms with van der Waals surface area (Å²) in [5.74, 6) is 0.769. The van der Waals surface area contributed by atoms with Crippen LogP contribution < -0.4 is 9.62 Å². The van der Waals surface area contributed by atoms with Gasteiger partial charge in [0.05, 0.1) is 6.20 Å². The van der Waals surface area contributed by atoms with E-state index in [9.17, 15) is 8.42 Å². The fourth-order valence-electron chi connectivity index (χ4n) is 2.78. The lowest BCUT2D eigenvalue weighted by molar-refractivity contribution is 0.561. The Morgan fingerprint density at radius 2 is 2.21 bits per heavy atom. The number of rotatable bonds is 4. The summed E-state index contributed by atoms with van der Waals surface area (Å²) in [4.78, 5) is 2.21. The van der Waals surface area contributed by atoms with Crippen LogP contribution in [0, 0.1) is 0 Å². The minimum atomic E-state index is -3.56. The number of anilines is 1. The zero-order valence-corrected chi connectivity index (χ0v) is 13.8. The van der Waals surface area contributed by atoms with E-state index >= 15 is 0 Å². The first-order valence-electron chi connectivity index (χ1n) is 7.44. The van der Waals surface area contributed by atoms with Crippen molar-refractivity contribution in [3.8, 4) is 0 Å². The normalized spacial score (nSPS) is 18.5. The monoisotopic (exact) mass is 348 g/mol. The van der Waals surface area contributed by atoms with Crippen LogP contribution in [0.15, 0.2) is 35.7 Å². The van der Waals surface area contributed by atoms with Crippen molar-refractivity contribution in [2.45, 2.75) is 17.4 Å². The van der Waals surface area contributed by atoms with E-state index in [0.717, 1.165) is 12.4 Å². The van der Waals surface area contributed by atoms with Crippen LogP contribution in [0.1, 0.15) is 6.42 Å². The molecule has 0 spiro atoms. The Morgan fingerprint density at radius 3 is 3.00 bits per heavy atom. The first-order valence-corrected chi connectivity index (χ1v) is 8.92. The van der Waals surface area contributed by atoms with Crippen LogP contribution in [0.3, 0.4) is 0 Å². The van der Waals surface area contributed by atoms with Gasteiger partial charge in [-0.15, -0.1) is 15.3 Å². The summed E-state index contributed by atoms with van der Waals surface area (Å²) in [7, 11) is -1.88. The van der Waals surface area contributed by atoms with Gasteiger partial charge in [0.2, 0.25) is 10.0 Å². The summed E-state index contributed by atoms with van der Waals surface area (Å²) in [6.45, 7) is 1.28. The molecule has 10 nitrogen and oxygen atoms in total. The summed E-state index contributed by atoms with van der Waals surface area (Å²) in [6, 6.07) is 3.53. The molecule has 1 aliphatic rings. The maximum Gasteiger partial charge on any atom is 0.244 e. The highest BCUT2D eigenvalue weighted by atomic mass is 32.2. The van der Waals surface area contributed by atoms with Crippen molar-refractivity contribution in [1.82, 2.24) is 34.3 Å². The Bertz CT molecular complexity index is 979. The third-order valence-corrected chi connectivity index (χ3v) is 5.45. The third kappa shape index (κ3) is 2.71. The molecule has 4 heterocycles. The molecule has 1 saturated heterocycles. The molecule has 0 radical (unpaired) electrons. The second-order valence-corrected chi connectivity index (χ2v) is 7.44. The number of fused-ring (bicyclic) bond motifs is 1. The first kappa shape index (κ1) is 15.0. The molecule has 1 N–H and O–H groups in total. The number of nitrogens with zero attached hydrogens (tertiary/aromatic N) is 7. The lowest BCUT2D eigenvalue weighted by atomic mass is 10.3. The quantitative estimate of drug-likeness (QED) is 0.671. The number of aryl methyl sites for hydroxylation is 1. The number of sulfonamides is 1. The van der Waals surface area contributed by atoms with Gasteiger partial charge >= 0.3 is 0 Å². The van der Waals surface area contributed by atoms with E-state index in [-0.39, 0.29) is 10.9 Å². The van der Waals surface area contributed by atoms with Crippen molar-refractivity contribution in [3.63, 3.8) is 0 Å². The smallest absolute Gasteiger partial charge is 0.244 e. The molecule has 1 fully saturated rings. The van der Waals surface area contributed by atoms with Crippen molar-refractivity contribution in [2.24, 2.45) is 7.05 Å². The zero-order chi connectivity index (χ0) is 16.7. The molecule has 0 amide bonds. The number of hydrogen-bond donors (Lipinski definition) is 1.